The van der Waals surface area contributed by atoms with Crippen LogP contribution in [0.15, 0.2) is 84.9 Å². The quantitative estimate of drug-likeness (QED) is 0.575. The molecule has 1 aliphatic heterocycles. The molecule has 0 aliphatic carbocycles. The molecule has 2 amide bonds. The molecular formula is C25H26N2O4. The van der Waals surface area contributed by atoms with Gasteiger partial charge in [0.2, 0.25) is 0 Å². The summed E-state index contributed by atoms with van der Waals surface area (Å²) in [4.78, 5) is 12.8. The van der Waals surface area contributed by atoms with Crippen LogP contribution in [0.2, 0.25) is 0 Å². The lowest BCUT2D eigenvalue weighted by molar-refractivity contribution is -0.284. The lowest BCUT2D eigenvalue weighted by atomic mass is 10.0. The van der Waals surface area contributed by atoms with Gasteiger partial charge in [0.15, 0.2) is 11.5 Å². The number of amides is 2. The Kier molecular flexibility index (Phi) is 6.21. The van der Waals surface area contributed by atoms with Crippen LogP contribution in [0.5, 0.6) is 11.5 Å². The van der Waals surface area contributed by atoms with Crippen LogP contribution in [-0.4, -0.2) is 24.5 Å². The standard InChI is InChI=1S/C25H26N2O4/c1-25(2)29-17-21(23(31-25)18-11-5-3-6-12-18)27-24(28)26-20-15-9-10-16-22(20)30-19-13-7-4-8-14-19/h3-16,21,23H,17H2,1-2H3,(H2,26,27,28). The van der Waals surface area contributed by atoms with Gasteiger partial charge in [-0.25, -0.2) is 4.79 Å². The minimum absolute atomic E-state index is 0.327. The number of hydrogen-bond acceptors (Lipinski definition) is 4. The van der Waals surface area contributed by atoms with Gasteiger partial charge in [0.25, 0.3) is 0 Å². The van der Waals surface area contributed by atoms with Crippen LogP contribution in [0.1, 0.15) is 25.5 Å². The number of para-hydroxylation sites is 3. The monoisotopic (exact) mass is 418 g/mol. The smallest absolute Gasteiger partial charge is 0.319 e. The summed E-state index contributed by atoms with van der Waals surface area (Å²) in [5.41, 5.74) is 1.55. The number of nitrogens with one attached hydrogen (secondary N) is 2. The van der Waals surface area contributed by atoms with Gasteiger partial charge in [-0.05, 0) is 43.7 Å². The molecule has 1 aliphatic rings. The van der Waals surface area contributed by atoms with E-state index in [1.165, 1.54) is 0 Å². The fraction of sp³-hybridized carbons (Fsp3) is 0.240. The Bertz CT molecular complexity index is 1010. The Morgan fingerprint density at radius 3 is 2.32 bits per heavy atom. The van der Waals surface area contributed by atoms with Crippen molar-refractivity contribution in [1.82, 2.24) is 5.32 Å². The summed E-state index contributed by atoms with van der Waals surface area (Å²) >= 11 is 0. The highest BCUT2D eigenvalue weighted by molar-refractivity contribution is 5.91. The van der Waals surface area contributed by atoms with E-state index < -0.39 is 5.79 Å². The number of ether oxygens (including phenoxy) is 3. The van der Waals surface area contributed by atoms with Gasteiger partial charge < -0.3 is 24.8 Å². The average Bonchev–Trinajstić information content (AvgIpc) is 2.77. The van der Waals surface area contributed by atoms with Crippen molar-refractivity contribution in [3.63, 3.8) is 0 Å². The largest absolute Gasteiger partial charge is 0.455 e. The van der Waals surface area contributed by atoms with Crippen LogP contribution < -0.4 is 15.4 Å². The van der Waals surface area contributed by atoms with E-state index in [0.29, 0.717) is 23.8 Å². The molecule has 160 valence electrons. The normalized spacial score (nSPS) is 19.9. The van der Waals surface area contributed by atoms with Gasteiger partial charge in [-0.15, -0.1) is 0 Å². The maximum atomic E-state index is 12.8. The van der Waals surface area contributed by atoms with Crippen molar-refractivity contribution < 1.29 is 19.0 Å². The Hall–Kier alpha value is -3.35. The summed E-state index contributed by atoms with van der Waals surface area (Å²) in [7, 11) is 0. The number of anilines is 1. The molecule has 0 spiro atoms. The van der Waals surface area contributed by atoms with Crippen LogP contribution in [0.3, 0.4) is 0 Å². The van der Waals surface area contributed by atoms with Crippen molar-refractivity contribution in [1.29, 1.82) is 0 Å². The molecular weight excluding hydrogens is 392 g/mol. The maximum absolute atomic E-state index is 12.8. The van der Waals surface area contributed by atoms with E-state index in [9.17, 15) is 4.79 Å². The summed E-state index contributed by atoms with van der Waals surface area (Å²) in [6.07, 6.45) is -0.327. The lowest BCUT2D eigenvalue weighted by Crippen LogP contribution is -2.52. The summed E-state index contributed by atoms with van der Waals surface area (Å²) < 4.78 is 17.9. The molecule has 1 fully saturated rings. The van der Waals surface area contributed by atoms with E-state index >= 15 is 0 Å². The van der Waals surface area contributed by atoms with Crippen molar-refractivity contribution in [2.45, 2.75) is 31.8 Å². The zero-order valence-electron chi connectivity index (χ0n) is 17.6. The summed E-state index contributed by atoms with van der Waals surface area (Å²) in [6.45, 7) is 4.08. The lowest BCUT2D eigenvalue weighted by Gasteiger charge is -2.41. The van der Waals surface area contributed by atoms with E-state index in [-0.39, 0.29) is 18.2 Å². The molecule has 0 aromatic heterocycles. The topological polar surface area (TPSA) is 68.8 Å². The molecule has 1 saturated heterocycles. The molecule has 2 atom stereocenters. The van der Waals surface area contributed by atoms with Crippen molar-refractivity contribution >= 4 is 11.7 Å². The fourth-order valence-electron chi connectivity index (χ4n) is 3.46. The van der Waals surface area contributed by atoms with Crippen molar-refractivity contribution in [3.8, 4) is 11.5 Å². The van der Waals surface area contributed by atoms with Gasteiger partial charge in [0.05, 0.1) is 18.3 Å². The number of hydrogen-bond donors (Lipinski definition) is 2. The average molecular weight is 418 g/mol. The third kappa shape index (κ3) is 5.42. The van der Waals surface area contributed by atoms with Crippen LogP contribution >= 0.6 is 0 Å². The number of carbonyl (C=O) groups excluding carboxylic acids is 1. The first-order valence-corrected chi connectivity index (χ1v) is 10.3. The molecule has 0 saturated carbocycles. The second kappa shape index (κ2) is 9.20. The van der Waals surface area contributed by atoms with Gasteiger partial charge in [-0.2, -0.15) is 0 Å². The highest BCUT2D eigenvalue weighted by Crippen LogP contribution is 2.33. The third-order valence-corrected chi connectivity index (χ3v) is 4.94. The zero-order chi connectivity index (χ0) is 21.7. The van der Waals surface area contributed by atoms with Gasteiger partial charge in [-0.1, -0.05) is 60.7 Å². The second-order valence-corrected chi connectivity index (χ2v) is 7.78. The molecule has 6 nitrogen and oxygen atoms in total. The van der Waals surface area contributed by atoms with Crippen LogP contribution in [-0.2, 0) is 9.47 Å². The van der Waals surface area contributed by atoms with Crippen molar-refractivity contribution in [2.75, 3.05) is 11.9 Å². The molecule has 0 bridgehead atoms. The van der Waals surface area contributed by atoms with Crippen LogP contribution in [0, 0.1) is 0 Å². The van der Waals surface area contributed by atoms with E-state index in [2.05, 4.69) is 10.6 Å². The minimum Gasteiger partial charge on any atom is -0.455 e. The van der Waals surface area contributed by atoms with Gasteiger partial charge >= 0.3 is 6.03 Å². The molecule has 31 heavy (non-hydrogen) atoms. The molecule has 0 radical (unpaired) electrons. The predicted octanol–water partition coefficient (Wildman–Crippen LogP) is 5.49. The van der Waals surface area contributed by atoms with Gasteiger partial charge in [0.1, 0.15) is 11.9 Å². The third-order valence-electron chi connectivity index (χ3n) is 4.94. The Balaban J connectivity index is 1.47. The SMILES string of the molecule is CC1(C)OCC(NC(=O)Nc2ccccc2Oc2ccccc2)C(c2ccccc2)O1. The first-order valence-electron chi connectivity index (χ1n) is 10.3. The predicted molar refractivity (Wildman–Crippen MR) is 119 cm³/mol. The number of rotatable bonds is 5. The van der Waals surface area contributed by atoms with Crippen LogP contribution in [0.4, 0.5) is 10.5 Å². The molecule has 3 aromatic rings. The minimum atomic E-state index is -0.731. The maximum Gasteiger partial charge on any atom is 0.319 e. The van der Waals surface area contributed by atoms with Crippen LogP contribution in [0.25, 0.3) is 0 Å². The first-order chi connectivity index (χ1) is 15.0. The number of carbonyl (C=O) groups is 1. The van der Waals surface area contributed by atoms with Crippen molar-refractivity contribution in [2.24, 2.45) is 0 Å². The summed E-state index contributed by atoms with van der Waals surface area (Å²) in [5.74, 6) is 0.518. The summed E-state index contributed by atoms with van der Waals surface area (Å²) in [6, 6.07) is 25.9. The molecule has 3 aromatic carbocycles. The van der Waals surface area contributed by atoms with E-state index in [1.54, 1.807) is 6.07 Å². The number of benzene rings is 3. The highest BCUT2D eigenvalue weighted by atomic mass is 16.7. The molecule has 2 N–H and O–H groups in total. The Morgan fingerprint density at radius 2 is 1.58 bits per heavy atom. The van der Waals surface area contributed by atoms with E-state index in [1.807, 2.05) is 92.7 Å². The molecule has 1 heterocycles. The van der Waals surface area contributed by atoms with Gasteiger partial charge in [0, 0.05) is 0 Å². The highest BCUT2D eigenvalue weighted by Gasteiger charge is 2.38. The molecule has 2 unspecified atom stereocenters. The van der Waals surface area contributed by atoms with E-state index in [4.69, 9.17) is 14.2 Å². The fourth-order valence-corrected chi connectivity index (χ4v) is 3.46. The number of urea groups is 1. The first kappa shape index (κ1) is 20.9. The molecule has 6 heteroatoms. The zero-order valence-corrected chi connectivity index (χ0v) is 17.6. The molecule has 4 rings (SSSR count). The van der Waals surface area contributed by atoms with E-state index in [0.717, 1.165) is 5.56 Å². The Morgan fingerprint density at radius 1 is 0.935 bits per heavy atom. The van der Waals surface area contributed by atoms with Gasteiger partial charge in [-0.3, -0.25) is 0 Å². The Labute approximate surface area is 182 Å². The van der Waals surface area contributed by atoms with Crippen molar-refractivity contribution in [3.05, 3.63) is 90.5 Å². The second-order valence-electron chi connectivity index (χ2n) is 7.78. The summed E-state index contributed by atoms with van der Waals surface area (Å²) in [5, 5.41) is 5.87.